The SMILES string of the molecule is CC(=O)O[C@H](C(=O)Nc1nccs1)c1ccccc1. The Labute approximate surface area is 114 Å². The normalized spacial score (nSPS) is 11.6. The standard InChI is InChI=1S/C13H12N2O3S/c1-9(16)18-11(10-5-3-2-4-6-10)12(17)15-13-14-7-8-19-13/h2-8,11H,1H3,(H,14,15,17)/t11-/m0/s1. The lowest BCUT2D eigenvalue weighted by Crippen LogP contribution is -2.25. The van der Waals surface area contributed by atoms with Gasteiger partial charge in [-0.3, -0.25) is 14.9 Å². The molecular formula is C13H12N2O3S. The zero-order valence-electron chi connectivity index (χ0n) is 10.2. The summed E-state index contributed by atoms with van der Waals surface area (Å²) < 4.78 is 5.07. The van der Waals surface area contributed by atoms with Gasteiger partial charge in [0.2, 0.25) is 6.10 Å². The van der Waals surface area contributed by atoms with Gasteiger partial charge in [0.05, 0.1) is 0 Å². The second kappa shape index (κ2) is 6.10. The van der Waals surface area contributed by atoms with Gasteiger partial charge < -0.3 is 4.74 Å². The first kappa shape index (κ1) is 13.2. The molecule has 98 valence electrons. The molecule has 1 aromatic carbocycles. The third-order valence-corrected chi connectivity index (χ3v) is 2.98. The van der Waals surface area contributed by atoms with Gasteiger partial charge in [-0.05, 0) is 0 Å². The number of rotatable bonds is 4. The van der Waals surface area contributed by atoms with Crippen molar-refractivity contribution in [3.63, 3.8) is 0 Å². The number of carbonyl (C=O) groups is 2. The molecule has 0 fully saturated rings. The van der Waals surface area contributed by atoms with E-state index in [2.05, 4.69) is 10.3 Å². The Morgan fingerprint density at radius 3 is 2.63 bits per heavy atom. The molecule has 0 aliphatic carbocycles. The van der Waals surface area contributed by atoms with Crippen molar-refractivity contribution in [3.8, 4) is 0 Å². The number of thiazole rings is 1. The highest BCUT2D eigenvalue weighted by Gasteiger charge is 2.24. The lowest BCUT2D eigenvalue weighted by atomic mass is 10.1. The molecule has 1 aromatic heterocycles. The molecule has 0 saturated heterocycles. The predicted octanol–water partition coefficient (Wildman–Crippen LogP) is 2.39. The molecule has 2 aromatic rings. The molecule has 19 heavy (non-hydrogen) atoms. The maximum absolute atomic E-state index is 12.1. The molecule has 0 aliphatic heterocycles. The van der Waals surface area contributed by atoms with Gasteiger partial charge in [0.25, 0.3) is 5.91 Å². The average Bonchev–Trinajstić information content (AvgIpc) is 2.89. The van der Waals surface area contributed by atoms with Crippen LogP contribution in [-0.4, -0.2) is 16.9 Å². The van der Waals surface area contributed by atoms with Crippen molar-refractivity contribution in [2.75, 3.05) is 5.32 Å². The van der Waals surface area contributed by atoms with Crippen LogP contribution in [0.1, 0.15) is 18.6 Å². The molecule has 0 bridgehead atoms. The number of nitrogens with one attached hydrogen (secondary N) is 1. The summed E-state index contributed by atoms with van der Waals surface area (Å²) in [5.41, 5.74) is 0.617. The molecule has 5 nitrogen and oxygen atoms in total. The highest BCUT2D eigenvalue weighted by Crippen LogP contribution is 2.20. The number of ether oxygens (including phenoxy) is 1. The molecule has 2 rings (SSSR count). The van der Waals surface area contributed by atoms with Gasteiger partial charge in [0.15, 0.2) is 5.13 Å². The number of nitrogens with zero attached hydrogens (tertiary/aromatic N) is 1. The highest BCUT2D eigenvalue weighted by molar-refractivity contribution is 7.13. The summed E-state index contributed by atoms with van der Waals surface area (Å²) in [7, 11) is 0. The van der Waals surface area contributed by atoms with Crippen LogP contribution < -0.4 is 5.32 Å². The summed E-state index contributed by atoms with van der Waals surface area (Å²) >= 11 is 1.30. The van der Waals surface area contributed by atoms with E-state index in [4.69, 9.17) is 4.74 Å². The van der Waals surface area contributed by atoms with E-state index >= 15 is 0 Å². The Bertz CT molecular complexity index is 555. The van der Waals surface area contributed by atoms with Gasteiger partial charge in [-0.25, -0.2) is 4.98 Å². The number of amides is 1. The third kappa shape index (κ3) is 3.62. The minimum absolute atomic E-state index is 0.420. The van der Waals surface area contributed by atoms with Crippen molar-refractivity contribution >= 4 is 28.3 Å². The summed E-state index contributed by atoms with van der Waals surface area (Å²) in [6, 6.07) is 8.85. The summed E-state index contributed by atoms with van der Waals surface area (Å²) in [5, 5.41) is 4.84. The first-order chi connectivity index (χ1) is 9.16. The first-order valence-corrected chi connectivity index (χ1v) is 6.47. The molecule has 1 N–H and O–H groups in total. The minimum Gasteiger partial charge on any atom is -0.447 e. The molecule has 1 heterocycles. The Morgan fingerprint density at radius 1 is 1.32 bits per heavy atom. The largest absolute Gasteiger partial charge is 0.447 e. The van der Waals surface area contributed by atoms with Crippen LogP contribution in [0.4, 0.5) is 5.13 Å². The van der Waals surface area contributed by atoms with Crippen LogP contribution in [-0.2, 0) is 14.3 Å². The number of carbonyl (C=O) groups excluding carboxylic acids is 2. The topological polar surface area (TPSA) is 68.3 Å². The van der Waals surface area contributed by atoms with Crippen LogP contribution in [0.25, 0.3) is 0 Å². The first-order valence-electron chi connectivity index (χ1n) is 5.59. The van der Waals surface area contributed by atoms with Crippen LogP contribution in [0.5, 0.6) is 0 Å². The molecule has 6 heteroatoms. The molecule has 0 spiro atoms. The van der Waals surface area contributed by atoms with Crippen LogP contribution in [0, 0.1) is 0 Å². The second-order valence-corrected chi connectivity index (χ2v) is 4.62. The van der Waals surface area contributed by atoms with Crippen LogP contribution in [0.15, 0.2) is 41.9 Å². The van der Waals surface area contributed by atoms with Gasteiger partial charge in [-0.15, -0.1) is 11.3 Å². The summed E-state index contributed by atoms with van der Waals surface area (Å²) in [6.07, 6.45) is 0.617. The highest BCUT2D eigenvalue weighted by atomic mass is 32.1. The molecule has 0 radical (unpaired) electrons. The van der Waals surface area contributed by atoms with E-state index in [1.54, 1.807) is 35.8 Å². The smallest absolute Gasteiger partial charge is 0.303 e. The predicted molar refractivity (Wildman–Crippen MR) is 71.7 cm³/mol. The fourth-order valence-electron chi connectivity index (χ4n) is 1.52. The summed E-state index contributed by atoms with van der Waals surface area (Å²) in [5.74, 6) is -0.931. The second-order valence-electron chi connectivity index (χ2n) is 3.73. The molecule has 0 unspecified atom stereocenters. The van der Waals surface area contributed by atoms with E-state index in [0.29, 0.717) is 10.7 Å². The fraction of sp³-hybridized carbons (Fsp3) is 0.154. The van der Waals surface area contributed by atoms with Gasteiger partial charge >= 0.3 is 5.97 Å². The summed E-state index contributed by atoms with van der Waals surface area (Å²) in [6.45, 7) is 1.27. The minimum atomic E-state index is -0.970. The number of anilines is 1. The van der Waals surface area contributed by atoms with E-state index in [1.807, 2.05) is 6.07 Å². The number of hydrogen-bond donors (Lipinski definition) is 1. The number of hydrogen-bond acceptors (Lipinski definition) is 5. The maximum atomic E-state index is 12.1. The van der Waals surface area contributed by atoms with Crippen LogP contribution in [0.2, 0.25) is 0 Å². The van der Waals surface area contributed by atoms with Crippen LogP contribution in [0.3, 0.4) is 0 Å². The van der Waals surface area contributed by atoms with Crippen molar-refractivity contribution in [2.24, 2.45) is 0 Å². The molecule has 0 saturated carbocycles. The van der Waals surface area contributed by atoms with Crippen molar-refractivity contribution in [1.29, 1.82) is 0 Å². The van der Waals surface area contributed by atoms with E-state index in [-0.39, 0.29) is 0 Å². The van der Waals surface area contributed by atoms with E-state index in [1.165, 1.54) is 18.3 Å². The van der Waals surface area contributed by atoms with Crippen LogP contribution >= 0.6 is 11.3 Å². The lowest BCUT2D eigenvalue weighted by molar-refractivity contribution is -0.152. The Balaban J connectivity index is 2.18. The van der Waals surface area contributed by atoms with Gasteiger partial charge in [0, 0.05) is 24.1 Å². The van der Waals surface area contributed by atoms with E-state index in [0.717, 1.165) is 0 Å². The van der Waals surface area contributed by atoms with Gasteiger partial charge in [0.1, 0.15) is 0 Å². The third-order valence-electron chi connectivity index (χ3n) is 2.29. The number of benzene rings is 1. The Kier molecular flexibility index (Phi) is 4.25. The van der Waals surface area contributed by atoms with Gasteiger partial charge in [-0.2, -0.15) is 0 Å². The lowest BCUT2D eigenvalue weighted by Gasteiger charge is -2.16. The van der Waals surface area contributed by atoms with Crippen molar-refractivity contribution in [1.82, 2.24) is 4.98 Å². The zero-order chi connectivity index (χ0) is 13.7. The zero-order valence-corrected chi connectivity index (χ0v) is 11.0. The van der Waals surface area contributed by atoms with Gasteiger partial charge in [-0.1, -0.05) is 30.3 Å². The number of aromatic nitrogens is 1. The average molecular weight is 276 g/mol. The molecule has 1 atom stereocenters. The Hall–Kier alpha value is -2.21. The van der Waals surface area contributed by atoms with Crippen molar-refractivity contribution < 1.29 is 14.3 Å². The van der Waals surface area contributed by atoms with Crippen molar-refractivity contribution in [2.45, 2.75) is 13.0 Å². The monoisotopic (exact) mass is 276 g/mol. The molecule has 1 amide bonds. The van der Waals surface area contributed by atoms with Crippen molar-refractivity contribution in [3.05, 3.63) is 47.5 Å². The maximum Gasteiger partial charge on any atom is 0.303 e. The number of esters is 1. The Morgan fingerprint density at radius 2 is 2.05 bits per heavy atom. The van der Waals surface area contributed by atoms with E-state index in [9.17, 15) is 9.59 Å². The quantitative estimate of drug-likeness (QED) is 0.871. The fourth-order valence-corrected chi connectivity index (χ4v) is 2.05. The molecule has 0 aliphatic rings. The van der Waals surface area contributed by atoms with E-state index < -0.39 is 18.0 Å². The summed E-state index contributed by atoms with van der Waals surface area (Å²) in [4.78, 5) is 27.2. The molecular weight excluding hydrogens is 264 g/mol.